The van der Waals surface area contributed by atoms with E-state index in [2.05, 4.69) is 26.1 Å². The molecule has 3 amide bonds. The molecule has 1 fully saturated rings. The van der Waals surface area contributed by atoms with Crippen molar-refractivity contribution in [3.8, 4) is 0 Å². The summed E-state index contributed by atoms with van der Waals surface area (Å²) < 4.78 is 0. The van der Waals surface area contributed by atoms with Crippen molar-refractivity contribution in [1.82, 2.24) is 10.2 Å². The van der Waals surface area contributed by atoms with Gasteiger partial charge >= 0.3 is 6.03 Å². The van der Waals surface area contributed by atoms with E-state index in [1.807, 2.05) is 24.3 Å². The fourth-order valence-electron chi connectivity index (χ4n) is 3.18. The molecule has 3 rings (SSSR count). The molecule has 1 aliphatic heterocycles. The van der Waals surface area contributed by atoms with Crippen LogP contribution in [-0.2, 0) is 22.3 Å². The first kappa shape index (κ1) is 19.7. The van der Waals surface area contributed by atoms with Gasteiger partial charge in [-0.2, -0.15) is 0 Å². The van der Waals surface area contributed by atoms with E-state index in [0.717, 1.165) is 16.0 Å². The average molecular weight is 405 g/mol. The van der Waals surface area contributed by atoms with E-state index in [4.69, 9.17) is 23.2 Å². The number of benzene rings is 2. The van der Waals surface area contributed by atoms with E-state index in [1.165, 1.54) is 0 Å². The lowest BCUT2D eigenvalue weighted by Gasteiger charge is -2.25. The fraction of sp³-hybridized carbons (Fsp3) is 0.333. The molecule has 2 aromatic carbocycles. The SMILES string of the molecule is CC(C)(C)c1ccc(C2(C)NC(=O)N(Cc3c(Cl)cccc3Cl)C2=O)cc1. The summed E-state index contributed by atoms with van der Waals surface area (Å²) >= 11 is 12.4. The maximum absolute atomic E-state index is 13.1. The molecule has 0 saturated carbocycles. The molecular formula is C21H22Cl2N2O2. The van der Waals surface area contributed by atoms with Gasteiger partial charge in [-0.3, -0.25) is 9.69 Å². The smallest absolute Gasteiger partial charge is 0.319 e. The molecule has 0 aromatic heterocycles. The van der Waals surface area contributed by atoms with E-state index in [-0.39, 0.29) is 17.9 Å². The molecule has 0 aliphatic carbocycles. The van der Waals surface area contributed by atoms with Crippen LogP contribution in [0.15, 0.2) is 42.5 Å². The average Bonchev–Trinajstić information content (AvgIpc) is 2.81. The highest BCUT2D eigenvalue weighted by Crippen LogP contribution is 2.33. The summed E-state index contributed by atoms with van der Waals surface area (Å²) in [6, 6.07) is 12.4. The predicted molar refractivity (Wildman–Crippen MR) is 108 cm³/mol. The van der Waals surface area contributed by atoms with E-state index in [9.17, 15) is 9.59 Å². The fourth-order valence-corrected chi connectivity index (χ4v) is 3.70. The normalized spacial score (nSPS) is 20.1. The first-order valence-electron chi connectivity index (χ1n) is 8.72. The lowest BCUT2D eigenvalue weighted by Crippen LogP contribution is -2.40. The van der Waals surface area contributed by atoms with Crippen molar-refractivity contribution in [3.05, 3.63) is 69.2 Å². The van der Waals surface area contributed by atoms with Crippen LogP contribution in [0.25, 0.3) is 0 Å². The molecule has 1 unspecified atom stereocenters. The van der Waals surface area contributed by atoms with Crippen LogP contribution in [0, 0.1) is 0 Å². The number of halogens is 2. The Bertz CT molecular complexity index is 883. The Morgan fingerprint density at radius 3 is 2.07 bits per heavy atom. The zero-order valence-corrected chi connectivity index (χ0v) is 17.3. The van der Waals surface area contributed by atoms with Gasteiger partial charge in [-0.05, 0) is 35.6 Å². The lowest BCUT2D eigenvalue weighted by atomic mass is 9.84. The zero-order valence-electron chi connectivity index (χ0n) is 15.8. The third-order valence-electron chi connectivity index (χ3n) is 4.98. The Hall–Kier alpha value is -2.04. The first-order chi connectivity index (χ1) is 12.5. The van der Waals surface area contributed by atoms with Crippen LogP contribution in [0.2, 0.25) is 10.0 Å². The standard InChI is InChI=1S/C21H22Cl2N2O2/c1-20(2,3)13-8-10-14(11-9-13)21(4)18(26)25(19(27)24-21)12-15-16(22)6-5-7-17(15)23/h5-11H,12H2,1-4H3,(H,24,27). The Kier molecular flexibility index (Phi) is 5.00. The summed E-state index contributed by atoms with van der Waals surface area (Å²) in [5.74, 6) is -0.327. The lowest BCUT2D eigenvalue weighted by molar-refractivity contribution is -0.131. The van der Waals surface area contributed by atoms with Crippen molar-refractivity contribution in [2.45, 2.75) is 45.2 Å². The number of carbonyl (C=O) groups is 2. The quantitative estimate of drug-likeness (QED) is 0.709. The van der Waals surface area contributed by atoms with Crippen molar-refractivity contribution in [2.75, 3.05) is 0 Å². The minimum Gasteiger partial charge on any atom is -0.319 e. The van der Waals surface area contributed by atoms with Crippen LogP contribution >= 0.6 is 23.2 Å². The van der Waals surface area contributed by atoms with Crippen molar-refractivity contribution >= 4 is 35.1 Å². The number of urea groups is 1. The molecule has 142 valence electrons. The molecule has 2 aromatic rings. The Balaban J connectivity index is 1.91. The van der Waals surface area contributed by atoms with E-state index < -0.39 is 11.6 Å². The van der Waals surface area contributed by atoms with Crippen molar-refractivity contribution < 1.29 is 9.59 Å². The molecule has 0 spiro atoms. The number of nitrogens with zero attached hydrogens (tertiary/aromatic N) is 1. The molecule has 1 aliphatic rings. The van der Waals surface area contributed by atoms with Crippen LogP contribution in [0.1, 0.15) is 44.4 Å². The number of rotatable bonds is 3. The van der Waals surface area contributed by atoms with Gasteiger partial charge < -0.3 is 5.32 Å². The Morgan fingerprint density at radius 2 is 1.56 bits per heavy atom. The van der Waals surface area contributed by atoms with Gasteiger partial charge in [0.05, 0.1) is 6.54 Å². The third-order valence-corrected chi connectivity index (χ3v) is 5.69. The molecule has 0 bridgehead atoms. The number of hydrogen-bond acceptors (Lipinski definition) is 2. The van der Waals surface area contributed by atoms with Gasteiger partial charge in [0.1, 0.15) is 5.54 Å². The van der Waals surface area contributed by atoms with Crippen molar-refractivity contribution in [3.63, 3.8) is 0 Å². The van der Waals surface area contributed by atoms with Gasteiger partial charge in [-0.1, -0.05) is 74.3 Å². The monoisotopic (exact) mass is 404 g/mol. The van der Waals surface area contributed by atoms with Gasteiger partial charge in [0, 0.05) is 15.6 Å². The number of carbonyl (C=O) groups excluding carboxylic acids is 2. The highest BCUT2D eigenvalue weighted by Gasteiger charge is 2.49. The Morgan fingerprint density at radius 1 is 1.00 bits per heavy atom. The largest absolute Gasteiger partial charge is 0.325 e. The minimum atomic E-state index is -1.12. The molecule has 1 atom stereocenters. The molecule has 1 heterocycles. The number of nitrogens with one attached hydrogen (secondary N) is 1. The van der Waals surface area contributed by atoms with Crippen LogP contribution < -0.4 is 5.32 Å². The van der Waals surface area contributed by atoms with Crippen molar-refractivity contribution in [2.24, 2.45) is 0 Å². The number of amides is 3. The van der Waals surface area contributed by atoms with Gasteiger partial charge in [0.25, 0.3) is 5.91 Å². The van der Waals surface area contributed by atoms with E-state index in [0.29, 0.717) is 15.6 Å². The summed E-state index contributed by atoms with van der Waals surface area (Å²) in [6.45, 7) is 8.12. The Labute approximate surface area is 169 Å². The maximum atomic E-state index is 13.1. The molecule has 4 nitrogen and oxygen atoms in total. The zero-order chi connectivity index (χ0) is 20.0. The molecule has 27 heavy (non-hydrogen) atoms. The second-order valence-electron chi connectivity index (χ2n) is 7.97. The van der Waals surface area contributed by atoms with Crippen LogP contribution in [0.4, 0.5) is 4.79 Å². The molecule has 6 heteroatoms. The summed E-state index contributed by atoms with van der Waals surface area (Å²) in [5.41, 5.74) is 1.33. The van der Waals surface area contributed by atoms with Crippen molar-refractivity contribution in [1.29, 1.82) is 0 Å². The second-order valence-corrected chi connectivity index (χ2v) is 8.79. The summed E-state index contributed by atoms with van der Waals surface area (Å²) in [5, 5.41) is 3.66. The summed E-state index contributed by atoms with van der Waals surface area (Å²) in [4.78, 5) is 26.8. The molecule has 0 radical (unpaired) electrons. The van der Waals surface area contributed by atoms with Gasteiger partial charge in [-0.15, -0.1) is 0 Å². The second kappa shape index (κ2) is 6.84. The topological polar surface area (TPSA) is 49.4 Å². The maximum Gasteiger partial charge on any atom is 0.325 e. The van der Waals surface area contributed by atoms with Gasteiger partial charge in [0.15, 0.2) is 0 Å². The van der Waals surface area contributed by atoms with Gasteiger partial charge in [0.2, 0.25) is 0 Å². The van der Waals surface area contributed by atoms with E-state index in [1.54, 1.807) is 25.1 Å². The molecule has 1 saturated heterocycles. The summed E-state index contributed by atoms with van der Waals surface area (Å²) in [7, 11) is 0. The number of hydrogen-bond donors (Lipinski definition) is 1. The highest BCUT2D eigenvalue weighted by molar-refractivity contribution is 6.36. The van der Waals surface area contributed by atoms with Crippen LogP contribution in [-0.4, -0.2) is 16.8 Å². The van der Waals surface area contributed by atoms with Crippen LogP contribution in [0.5, 0.6) is 0 Å². The minimum absolute atomic E-state index is 0.00914. The summed E-state index contributed by atoms with van der Waals surface area (Å²) in [6.07, 6.45) is 0. The third kappa shape index (κ3) is 3.56. The number of imide groups is 1. The van der Waals surface area contributed by atoms with Gasteiger partial charge in [-0.25, -0.2) is 4.79 Å². The molecular weight excluding hydrogens is 383 g/mol. The first-order valence-corrected chi connectivity index (χ1v) is 9.47. The van der Waals surface area contributed by atoms with E-state index >= 15 is 0 Å². The molecule has 1 N–H and O–H groups in total. The highest BCUT2D eigenvalue weighted by atomic mass is 35.5. The predicted octanol–water partition coefficient (Wildman–Crippen LogP) is 5.26. The van der Waals surface area contributed by atoms with Crippen LogP contribution in [0.3, 0.4) is 0 Å².